The molecular weight excluding hydrogens is 408 g/mol. The van der Waals surface area contributed by atoms with Gasteiger partial charge in [0.2, 0.25) is 11.3 Å². The number of nitroso groups, excluding NO2 is 1. The second kappa shape index (κ2) is 6.74. The molecule has 0 spiro atoms. The summed E-state index contributed by atoms with van der Waals surface area (Å²) in [4.78, 5) is 49.9. The average molecular weight is 428 g/mol. The van der Waals surface area contributed by atoms with Crippen molar-refractivity contribution in [2.75, 3.05) is 0 Å². The molecule has 10 nitrogen and oxygen atoms in total. The number of allylic oxidation sites excluding steroid dienone is 2. The van der Waals surface area contributed by atoms with Crippen molar-refractivity contribution < 1.29 is 34.8 Å². The van der Waals surface area contributed by atoms with Gasteiger partial charge in [0.1, 0.15) is 22.8 Å². The second-order valence-electron chi connectivity index (χ2n) is 8.21. The minimum absolute atomic E-state index is 0.0209. The number of benzene rings is 1. The highest BCUT2D eigenvalue weighted by atomic mass is 16.3. The van der Waals surface area contributed by atoms with E-state index < -0.39 is 58.0 Å². The number of phenols is 1. The third-order valence-electron chi connectivity index (χ3n) is 6.58. The molecule has 0 fully saturated rings. The van der Waals surface area contributed by atoms with Crippen LogP contribution in [-0.4, -0.2) is 43.4 Å². The van der Waals surface area contributed by atoms with Crippen molar-refractivity contribution in [1.82, 2.24) is 0 Å². The molecule has 0 aliphatic heterocycles. The first-order valence-electron chi connectivity index (χ1n) is 9.68. The number of aliphatic hydroxyl groups is 3. The second-order valence-corrected chi connectivity index (χ2v) is 8.21. The van der Waals surface area contributed by atoms with Gasteiger partial charge in [-0.2, -0.15) is 0 Å². The molecule has 1 aromatic rings. The molecule has 4 rings (SSSR count). The van der Waals surface area contributed by atoms with Gasteiger partial charge in [-0.1, -0.05) is 6.07 Å². The van der Waals surface area contributed by atoms with Gasteiger partial charge in [-0.05, 0) is 48.1 Å². The fourth-order valence-corrected chi connectivity index (χ4v) is 5.19. The molecule has 3 aliphatic carbocycles. The van der Waals surface area contributed by atoms with Gasteiger partial charge >= 0.3 is 0 Å². The SMILES string of the molecule is CC(O)c1ccc(O)c2c1C[C@H]1C[C@H]3CC(O)=C(C(N)=O)C(=O)[C@@]3(N=O)C(O)=C1C2=O. The summed E-state index contributed by atoms with van der Waals surface area (Å²) in [7, 11) is 0. The van der Waals surface area contributed by atoms with Gasteiger partial charge in [-0.3, -0.25) is 14.4 Å². The van der Waals surface area contributed by atoms with Crippen LogP contribution in [0.4, 0.5) is 0 Å². The van der Waals surface area contributed by atoms with Crippen molar-refractivity contribution in [3.8, 4) is 5.75 Å². The van der Waals surface area contributed by atoms with E-state index in [0.29, 0.717) is 11.1 Å². The number of nitrogens with two attached hydrogens (primary N) is 1. The third kappa shape index (κ3) is 2.57. The van der Waals surface area contributed by atoms with Crippen LogP contribution in [0.3, 0.4) is 0 Å². The van der Waals surface area contributed by atoms with E-state index in [1.165, 1.54) is 19.1 Å². The molecule has 0 aromatic heterocycles. The summed E-state index contributed by atoms with van der Waals surface area (Å²) in [6.07, 6.45) is -1.08. The molecule has 1 amide bonds. The molecular formula is C21H20N2O8. The quantitative estimate of drug-likeness (QED) is 0.353. The van der Waals surface area contributed by atoms with E-state index in [1.807, 2.05) is 0 Å². The minimum atomic E-state index is -2.47. The summed E-state index contributed by atoms with van der Waals surface area (Å²) in [6, 6.07) is 2.74. The molecule has 162 valence electrons. The molecule has 3 aliphatic rings. The number of Topliss-reactive ketones (excluding diaryl/α,β-unsaturated/α-hetero) is 2. The molecule has 1 aromatic carbocycles. The maximum atomic E-state index is 13.3. The van der Waals surface area contributed by atoms with Gasteiger partial charge in [-0.25, -0.2) is 0 Å². The smallest absolute Gasteiger partial charge is 0.255 e. The maximum Gasteiger partial charge on any atom is 0.255 e. The topological polar surface area (TPSA) is 188 Å². The highest BCUT2D eigenvalue weighted by Gasteiger charge is 2.62. The number of nitrogens with zero attached hydrogens (tertiary/aromatic N) is 1. The molecule has 0 bridgehead atoms. The Labute approximate surface area is 175 Å². The Balaban J connectivity index is 1.96. The van der Waals surface area contributed by atoms with Gasteiger partial charge in [0, 0.05) is 17.9 Å². The van der Waals surface area contributed by atoms with Crippen molar-refractivity contribution in [3.05, 3.63) is 56.4 Å². The molecule has 0 saturated carbocycles. The lowest BCUT2D eigenvalue weighted by Gasteiger charge is -2.44. The van der Waals surface area contributed by atoms with Crippen LogP contribution in [0.15, 0.2) is 40.0 Å². The zero-order chi connectivity index (χ0) is 22.8. The molecule has 1 unspecified atom stereocenters. The number of primary amides is 1. The lowest BCUT2D eigenvalue weighted by Crippen LogP contribution is -2.56. The normalized spacial score (nSPS) is 28.6. The summed E-state index contributed by atoms with van der Waals surface area (Å²) in [5.41, 5.74) is 2.34. The van der Waals surface area contributed by atoms with Crippen LogP contribution in [0, 0.1) is 16.7 Å². The summed E-state index contributed by atoms with van der Waals surface area (Å²) in [6.45, 7) is 1.51. The van der Waals surface area contributed by atoms with E-state index in [2.05, 4.69) is 5.18 Å². The number of aromatic hydroxyl groups is 1. The first-order chi connectivity index (χ1) is 14.6. The fourth-order valence-electron chi connectivity index (χ4n) is 5.19. The number of hydrogen-bond donors (Lipinski definition) is 5. The number of ketones is 2. The average Bonchev–Trinajstić information content (AvgIpc) is 2.67. The highest BCUT2D eigenvalue weighted by molar-refractivity contribution is 6.25. The van der Waals surface area contributed by atoms with Crippen LogP contribution < -0.4 is 5.73 Å². The van der Waals surface area contributed by atoms with Crippen LogP contribution in [0.5, 0.6) is 5.75 Å². The summed E-state index contributed by atoms with van der Waals surface area (Å²) in [5, 5.41) is 44.5. The van der Waals surface area contributed by atoms with Crippen LogP contribution in [0.25, 0.3) is 0 Å². The number of hydrogen-bond acceptors (Lipinski definition) is 9. The number of fused-ring (bicyclic) bond motifs is 3. The maximum absolute atomic E-state index is 13.3. The third-order valence-corrected chi connectivity index (χ3v) is 6.58. The van der Waals surface area contributed by atoms with Crippen molar-refractivity contribution >= 4 is 17.5 Å². The molecule has 6 N–H and O–H groups in total. The minimum Gasteiger partial charge on any atom is -0.511 e. The summed E-state index contributed by atoms with van der Waals surface area (Å²) >= 11 is 0. The first-order valence-corrected chi connectivity index (χ1v) is 9.68. The number of aliphatic hydroxyl groups excluding tert-OH is 3. The monoisotopic (exact) mass is 428 g/mol. The van der Waals surface area contributed by atoms with E-state index in [1.54, 1.807) is 0 Å². The first kappa shape index (κ1) is 20.7. The van der Waals surface area contributed by atoms with Crippen LogP contribution in [0.1, 0.15) is 47.4 Å². The molecule has 0 radical (unpaired) electrons. The van der Waals surface area contributed by atoms with E-state index in [4.69, 9.17) is 5.73 Å². The molecule has 31 heavy (non-hydrogen) atoms. The summed E-state index contributed by atoms with van der Waals surface area (Å²) in [5.74, 6) is -6.84. The van der Waals surface area contributed by atoms with Gasteiger partial charge in [0.05, 0.1) is 11.7 Å². The predicted octanol–water partition coefficient (Wildman–Crippen LogP) is 1.41. The molecule has 0 saturated heterocycles. The van der Waals surface area contributed by atoms with Crippen molar-refractivity contribution in [2.45, 2.75) is 37.8 Å². The Bertz CT molecular complexity index is 1130. The standard InChI is InChI=1S/C21H20N2O8/c1-7(24)10-2-3-12(25)15-11(10)5-8-4-9-6-13(26)16(20(22)30)19(29)21(9,23-31)18(28)14(8)17(15)27/h2-3,7-9,24-26,28H,4-6H2,1H3,(H2,22,30)/t7?,8-,9+,21+/m1/s1. The highest BCUT2D eigenvalue weighted by Crippen LogP contribution is 2.53. The van der Waals surface area contributed by atoms with Gasteiger partial charge in [-0.15, -0.1) is 4.91 Å². The number of phenolic OH excluding ortho intramolecular Hbond substituents is 1. The summed E-state index contributed by atoms with van der Waals surface area (Å²) < 4.78 is 0. The van der Waals surface area contributed by atoms with E-state index in [0.717, 1.165) is 0 Å². The Morgan fingerprint density at radius 2 is 1.90 bits per heavy atom. The number of carbonyl (C=O) groups excluding carboxylic acids is 3. The number of amides is 1. The fraction of sp³-hybridized carbons (Fsp3) is 0.381. The lowest BCUT2D eigenvalue weighted by atomic mass is 9.59. The van der Waals surface area contributed by atoms with Gasteiger partial charge in [0.25, 0.3) is 5.91 Å². The lowest BCUT2D eigenvalue weighted by molar-refractivity contribution is -0.127. The molecule has 4 atom stereocenters. The Morgan fingerprint density at radius 1 is 1.23 bits per heavy atom. The van der Waals surface area contributed by atoms with Crippen molar-refractivity contribution in [1.29, 1.82) is 0 Å². The zero-order valence-corrected chi connectivity index (χ0v) is 16.5. The Kier molecular flexibility index (Phi) is 4.51. The molecule has 0 heterocycles. The Morgan fingerprint density at radius 3 is 2.48 bits per heavy atom. The molecule has 10 heteroatoms. The van der Waals surface area contributed by atoms with Crippen LogP contribution in [-0.2, 0) is 16.0 Å². The van der Waals surface area contributed by atoms with E-state index >= 15 is 0 Å². The van der Waals surface area contributed by atoms with Crippen molar-refractivity contribution in [3.63, 3.8) is 0 Å². The number of carbonyl (C=O) groups is 3. The van der Waals surface area contributed by atoms with Crippen LogP contribution >= 0.6 is 0 Å². The van der Waals surface area contributed by atoms with Gasteiger partial charge < -0.3 is 26.2 Å². The number of rotatable bonds is 3. The van der Waals surface area contributed by atoms with Crippen LogP contribution in [0.2, 0.25) is 0 Å². The predicted molar refractivity (Wildman–Crippen MR) is 105 cm³/mol. The zero-order valence-electron chi connectivity index (χ0n) is 16.5. The Hall–Kier alpha value is -3.53. The largest absolute Gasteiger partial charge is 0.511 e. The van der Waals surface area contributed by atoms with E-state index in [-0.39, 0.29) is 36.1 Å². The van der Waals surface area contributed by atoms with E-state index in [9.17, 15) is 39.7 Å². The van der Waals surface area contributed by atoms with Gasteiger partial charge in [0.15, 0.2) is 5.78 Å². The van der Waals surface area contributed by atoms with Crippen molar-refractivity contribution in [2.24, 2.45) is 22.7 Å².